The topological polar surface area (TPSA) is 40.5 Å². The Morgan fingerprint density at radius 2 is 2.06 bits per heavy atom. The Labute approximate surface area is 111 Å². The molecule has 1 N–H and O–H groups in total. The predicted molar refractivity (Wildman–Crippen MR) is 72.6 cm³/mol. The number of carboxylic acid groups (broad SMARTS) is 1. The molecule has 3 heteroatoms. The van der Waals surface area contributed by atoms with Gasteiger partial charge >= 0.3 is 5.97 Å². The van der Waals surface area contributed by atoms with Crippen LogP contribution < -0.4 is 0 Å². The number of hydrogen-bond acceptors (Lipinski definition) is 2. The Hall–Kier alpha value is -0.570. The summed E-state index contributed by atoms with van der Waals surface area (Å²) in [6.07, 6.45) is 9.28. The first kappa shape index (κ1) is 13.9. The van der Waals surface area contributed by atoms with E-state index < -0.39 is 5.97 Å². The fraction of sp³-hybridized carbons (Fsp3) is 0.933. The third-order valence-corrected chi connectivity index (χ3v) is 4.83. The molecule has 2 aliphatic rings. The molecule has 2 rings (SSSR count). The average molecular weight is 253 g/mol. The van der Waals surface area contributed by atoms with E-state index in [1.54, 1.807) is 0 Å². The zero-order valence-electron chi connectivity index (χ0n) is 11.6. The van der Waals surface area contributed by atoms with Crippen molar-refractivity contribution < 1.29 is 9.90 Å². The van der Waals surface area contributed by atoms with Gasteiger partial charge in [0.05, 0.1) is 0 Å². The van der Waals surface area contributed by atoms with E-state index in [-0.39, 0.29) is 0 Å². The van der Waals surface area contributed by atoms with Crippen LogP contribution in [0.3, 0.4) is 0 Å². The van der Waals surface area contributed by atoms with E-state index in [1.165, 1.54) is 45.1 Å². The molecule has 1 aliphatic heterocycles. The first-order chi connectivity index (χ1) is 8.65. The van der Waals surface area contributed by atoms with Gasteiger partial charge in [0.2, 0.25) is 0 Å². The van der Waals surface area contributed by atoms with E-state index in [0.29, 0.717) is 12.3 Å². The maximum absolute atomic E-state index is 10.6. The molecule has 3 atom stereocenters. The molecule has 0 radical (unpaired) electrons. The normalized spacial score (nSPS) is 34.4. The minimum atomic E-state index is -0.642. The summed E-state index contributed by atoms with van der Waals surface area (Å²) in [5.74, 6) is 0.888. The van der Waals surface area contributed by atoms with Gasteiger partial charge in [-0.15, -0.1) is 0 Å². The lowest BCUT2D eigenvalue weighted by atomic mass is 10.0. The van der Waals surface area contributed by atoms with Crippen LogP contribution in [0.5, 0.6) is 0 Å². The summed E-state index contributed by atoms with van der Waals surface area (Å²) in [7, 11) is 0. The number of carboxylic acids is 1. The summed E-state index contributed by atoms with van der Waals surface area (Å²) in [6, 6.07) is 0.782. The minimum Gasteiger partial charge on any atom is -0.481 e. The highest BCUT2D eigenvalue weighted by atomic mass is 16.4. The maximum Gasteiger partial charge on any atom is 0.303 e. The van der Waals surface area contributed by atoms with Crippen molar-refractivity contribution in [3.63, 3.8) is 0 Å². The van der Waals surface area contributed by atoms with E-state index in [4.69, 9.17) is 5.11 Å². The van der Waals surface area contributed by atoms with Gasteiger partial charge in [0.1, 0.15) is 0 Å². The standard InChI is InChI=1S/C15H27NO2/c1-12-3-2-4-14(7-5-12)16-10-9-13(11-16)6-8-15(17)18/h12-14H,2-11H2,1H3,(H,17,18). The molecule has 3 nitrogen and oxygen atoms in total. The zero-order chi connectivity index (χ0) is 13.0. The van der Waals surface area contributed by atoms with Gasteiger partial charge in [-0.3, -0.25) is 4.79 Å². The highest BCUT2D eigenvalue weighted by Crippen LogP contribution is 2.30. The van der Waals surface area contributed by atoms with Crippen LogP contribution in [0.2, 0.25) is 0 Å². The number of rotatable bonds is 4. The summed E-state index contributed by atoms with van der Waals surface area (Å²) in [5, 5.41) is 8.74. The third kappa shape index (κ3) is 3.98. The Bertz CT molecular complexity index is 280. The van der Waals surface area contributed by atoms with Crippen molar-refractivity contribution in [2.75, 3.05) is 13.1 Å². The van der Waals surface area contributed by atoms with Gasteiger partial charge in [0.25, 0.3) is 0 Å². The van der Waals surface area contributed by atoms with Crippen molar-refractivity contribution in [2.45, 2.75) is 64.3 Å². The third-order valence-electron chi connectivity index (χ3n) is 4.83. The highest BCUT2D eigenvalue weighted by Gasteiger charge is 2.29. The van der Waals surface area contributed by atoms with Crippen molar-refractivity contribution >= 4 is 5.97 Å². The summed E-state index contributed by atoms with van der Waals surface area (Å²) < 4.78 is 0. The SMILES string of the molecule is CC1CCCC(N2CCC(CCC(=O)O)C2)CC1. The van der Waals surface area contributed by atoms with Crippen LogP contribution in [0.4, 0.5) is 0 Å². The molecule has 1 aliphatic carbocycles. The molecule has 0 aromatic rings. The quantitative estimate of drug-likeness (QED) is 0.782. The number of hydrogen-bond donors (Lipinski definition) is 1. The molecule has 0 aromatic carbocycles. The van der Waals surface area contributed by atoms with Crippen LogP contribution in [-0.2, 0) is 4.79 Å². The molecule has 1 heterocycles. The second-order valence-electron chi connectivity index (χ2n) is 6.35. The lowest BCUT2D eigenvalue weighted by Crippen LogP contribution is -2.33. The Kier molecular flexibility index (Phi) is 5.04. The second-order valence-corrected chi connectivity index (χ2v) is 6.35. The Balaban J connectivity index is 1.75. The van der Waals surface area contributed by atoms with Gasteiger partial charge in [-0.2, -0.15) is 0 Å². The summed E-state index contributed by atoms with van der Waals surface area (Å²) >= 11 is 0. The maximum atomic E-state index is 10.6. The molecule has 0 aromatic heterocycles. The predicted octanol–water partition coefficient (Wildman–Crippen LogP) is 3.14. The molecular formula is C15H27NO2. The van der Waals surface area contributed by atoms with Crippen molar-refractivity contribution in [2.24, 2.45) is 11.8 Å². The largest absolute Gasteiger partial charge is 0.481 e. The van der Waals surface area contributed by atoms with Crippen LogP contribution in [0.1, 0.15) is 58.3 Å². The Morgan fingerprint density at radius 1 is 1.22 bits per heavy atom. The molecule has 0 bridgehead atoms. The molecule has 0 spiro atoms. The highest BCUT2D eigenvalue weighted by molar-refractivity contribution is 5.66. The van der Waals surface area contributed by atoms with E-state index in [1.807, 2.05) is 0 Å². The molecule has 3 unspecified atom stereocenters. The van der Waals surface area contributed by atoms with Crippen molar-refractivity contribution in [3.05, 3.63) is 0 Å². The van der Waals surface area contributed by atoms with Gasteiger partial charge in [-0.1, -0.05) is 19.8 Å². The molecule has 1 saturated carbocycles. The van der Waals surface area contributed by atoms with Crippen LogP contribution in [0, 0.1) is 11.8 Å². The number of carbonyl (C=O) groups is 1. The molecule has 18 heavy (non-hydrogen) atoms. The van der Waals surface area contributed by atoms with Crippen molar-refractivity contribution in [1.82, 2.24) is 4.90 Å². The molecule has 104 valence electrons. The number of likely N-dealkylation sites (tertiary alicyclic amines) is 1. The van der Waals surface area contributed by atoms with E-state index in [9.17, 15) is 4.79 Å². The Morgan fingerprint density at radius 3 is 2.83 bits per heavy atom. The monoisotopic (exact) mass is 253 g/mol. The molecule has 2 fully saturated rings. The first-order valence-electron chi connectivity index (χ1n) is 7.61. The second kappa shape index (κ2) is 6.55. The summed E-state index contributed by atoms with van der Waals surface area (Å²) in [5.41, 5.74) is 0. The zero-order valence-corrected chi connectivity index (χ0v) is 11.6. The van der Waals surface area contributed by atoms with E-state index in [0.717, 1.165) is 24.9 Å². The first-order valence-corrected chi connectivity index (χ1v) is 7.61. The van der Waals surface area contributed by atoms with Gasteiger partial charge in [-0.25, -0.2) is 0 Å². The number of nitrogens with zero attached hydrogens (tertiary/aromatic N) is 1. The molecular weight excluding hydrogens is 226 g/mol. The lowest BCUT2D eigenvalue weighted by Gasteiger charge is -2.26. The van der Waals surface area contributed by atoms with Crippen molar-refractivity contribution in [3.8, 4) is 0 Å². The molecule has 0 amide bonds. The summed E-state index contributed by atoms with van der Waals surface area (Å²) in [6.45, 7) is 4.72. The fourth-order valence-corrected chi connectivity index (χ4v) is 3.59. The lowest BCUT2D eigenvalue weighted by molar-refractivity contribution is -0.137. The van der Waals surface area contributed by atoms with Crippen LogP contribution >= 0.6 is 0 Å². The van der Waals surface area contributed by atoms with Gasteiger partial charge in [-0.05, 0) is 50.5 Å². The smallest absolute Gasteiger partial charge is 0.303 e. The number of aliphatic carboxylic acids is 1. The average Bonchev–Trinajstić information content (AvgIpc) is 2.69. The molecule has 1 saturated heterocycles. The van der Waals surface area contributed by atoms with Gasteiger partial charge in [0.15, 0.2) is 0 Å². The summed E-state index contributed by atoms with van der Waals surface area (Å²) in [4.78, 5) is 13.3. The van der Waals surface area contributed by atoms with Gasteiger partial charge < -0.3 is 10.0 Å². The van der Waals surface area contributed by atoms with E-state index in [2.05, 4.69) is 11.8 Å². The minimum absolute atomic E-state index is 0.347. The van der Waals surface area contributed by atoms with Gasteiger partial charge in [0, 0.05) is 19.0 Å². The van der Waals surface area contributed by atoms with E-state index >= 15 is 0 Å². The van der Waals surface area contributed by atoms with Crippen LogP contribution in [0.15, 0.2) is 0 Å². The van der Waals surface area contributed by atoms with Crippen molar-refractivity contribution in [1.29, 1.82) is 0 Å². The van der Waals surface area contributed by atoms with Crippen LogP contribution in [-0.4, -0.2) is 35.1 Å². The van der Waals surface area contributed by atoms with Crippen LogP contribution in [0.25, 0.3) is 0 Å². The fourth-order valence-electron chi connectivity index (χ4n) is 3.59.